The van der Waals surface area contributed by atoms with Gasteiger partial charge in [0, 0.05) is 6.20 Å². The highest BCUT2D eigenvalue weighted by Gasteiger charge is 2.35. The third-order valence-corrected chi connectivity index (χ3v) is 5.40. The molecule has 2 N–H and O–H groups in total. The number of nitrogens with zero attached hydrogens (tertiary/aromatic N) is 3. The molecular weight excluding hydrogens is 324 g/mol. The average molecular weight is 342 g/mol. The van der Waals surface area contributed by atoms with Crippen molar-refractivity contribution < 1.29 is 9.84 Å². The molecule has 4 rings (SSSR count). The number of aromatic nitrogens is 3. The molecule has 7 heteroatoms. The van der Waals surface area contributed by atoms with Gasteiger partial charge < -0.3 is 15.2 Å². The van der Waals surface area contributed by atoms with Gasteiger partial charge >= 0.3 is 0 Å². The van der Waals surface area contributed by atoms with E-state index in [2.05, 4.69) is 20.3 Å². The van der Waals surface area contributed by atoms with E-state index in [1.807, 2.05) is 23.7 Å². The molecule has 3 aromatic heterocycles. The SMILES string of the molecule is COc1cncc([C@@H](Nc2ncnc3ccsc23)C2CC(O)C2)c1. The molecule has 1 aliphatic carbocycles. The molecule has 3 heterocycles. The maximum atomic E-state index is 9.73. The fourth-order valence-electron chi connectivity index (χ4n) is 3.13. The fraction of sp³-hybridized carbons (Fsp3) is 0.353. The van der Waals surface area contributed by atoms with E-state index in [0.717, 1.165) is 40.2 Å². The zero-order chi connectivity index (χ0) is 16.5. The van der Waals surface area contributed by atoms with Gasteiger partial charge in [-0.1, -0.05) is 0 Å². The minimum atomic E-state index is -0.218. The Morgan fingerprint density at radius 3 is 3.00 bits per heavy atom. The van der Waals surface area contributed by atoms with Gasteiger partial charge in [-0.15, -0.1) is 11.3 Å². The van der Waals surface area contributed by atoms with Crippen LogP contribution in [0.5, 0.6) is 5.75 Å². The van der Waals surface area contributed by atoms with Crippen molar-refractivity contribution in [2.45, 2.75) is 25.0 Å². The molecule has 1 atom stereocenters. The molecule has 0 unspecified atom stereocenters. The van der Waals surface area contributed by atoms with Crippen molar-refractivity contribution in [1.82, 2.24) is 15.0 Å². The first-order valence-electron chi connectivity index (χ1n) is 7.86. The summed E-state index contributed by atoms with van der Waals surface area (Å²) in [5, 5.41) is 15.3. The molecule has 0 bridgehead atoms. The van der Waals surface area contributed by atoms with Crippen LogP contribution >= 0.6 is 11.3 Å². The van der Waals surface area contributed by atoms with Crippen molar-refractivity contribution >= 4 is 27.4 Å². The van der Waals surface area contributed by atoms with Gasteiger partial charge in [0.05, 0.1) is 35.7 Å². The number of hydrogen-bond donors (Lipinski definition) is 2. The van der Waals surface area contributed by atoms with Crippen LogP contribution in [0.3, 0.4) is 0 Å². The van der Waals surface area contributed by atoms with E-state index in [1.54, 1.807) is 31.0 Å². The van der Waals surface area contributed by atoms with E-state index in [4.69, 9.17) is 4.74 Å². The average Bonchev–Trinajstić information content (AvgIpc) is 3.07. The first-order chi connectivity index (χ1) is 11.7. The van der Waals surface area contributed by atoms with E-state index >= 15 is 0 Å². The van der Waals surface area contributed by atoms with Crippen molar-refractivity contribution in [2.75, 3.05) is 12.4 Å². The molecule has 1 aliphatic rings. The number of aliphatic hydroxyl groups excluding tert-OH is 1. The lowest BCUT2D eigenvalue weighted by atomic mass is 9.75. The third-order valence-electron chi connectivity index (χ3n) is 4.49. The number of thiophene rings is 1. The molecule has 124 valence electrons. The predicted octanol–water partition coefficient (Wildman–Crippen LogP) is 3.02. The van der Waals surface area contributed by atoms with Crippen LogP contribution in [0.15, 0.2) is 36.2 Å². The zero-order valence-electron chi connectivity index (χ0n) is 13.2. The van der Waals surface area contributed by atoms with E-state index in [9.17, 15) is 5.11 Å². The Morgan fingerprint density at radius 1 is 1.33 bits per heavy atom. The fourth-order valence-corrected chi connectivity index (χ4v) is 3.93. The number of pyridine rings is 1. The predicted molar refractivity (Wildman–Crippen MR) is 93.3 cm³/mol. The second-order valence-corrected chi connectivity index (χ2v) is 6.94. The molecule has 0 saturated heterocycles. The van der Waals surface area contributed by atoms with E-state index in [0.29, 0.717) is 5.92 Å². The number of fused-ring (bicyclic) bond motifs is 1. The van der Waals surface area contributed by atoms with Crippen LogP contribution in [0, 0.1) is 5.92 Å². The highest BCUT2D eigenvalue weighted by atomic mass is 32.1. The molecule has 24 heavy (non-hydrogen) atoms. The summed E-state index contributed by atoms with van der Waals surface area (Å²) in [6, 6.07) is 4.00. The lowest BCUT2D eigenvalue weighted by molar-refractivity contribution is 0.0339. The zero-order valence-corrected chi connectivity index (χ0v) is 14.0. The molecule has 1 fully saturated rings. The Kier molecular flexibility index (Phi) is 4.03. The summed E-state index contributed by atoms with van der Waals surface area (Å²) in [6.07, 6.45) is 6.44. The number of nitrogens with one attached hydrogen (secondary N) is 1. The number of rotatable bonds is 5. The number of methoxy groups -OCH3 is 1. The van der Waals surface area contributed by atoms with Gasteiger partial charge in [-0.25, -0.2) is 9.97 Å². The topological polar surface area (TPSA) is 80.2 Å². The van der Waals surface area contributed by atoms with Gasteiger partial charge in [0.15, 0.2) is 0 Å². The Bertz CT molecular complexity index is 847. The van der Waals surface area contributed by atoms with Gasteiger partial charge in [0.25, 0.3) is 0 Å². The van der Waals surface area contributed by atoms with Crippen molar-refractivity contribution in [1.29, 1.82) is 0 Å². The molecular formula is C17H18N4O2S. The highest BCUT2D eigenvalue weighted by molar-refractivity contribution is 7.17. The second kappa shape index (κ2) is 6.33. The maximum Gasteiger partial charge on any atom is 0.147 e. The Hall–Kier alpha value is -2.25. The van der Waals surface area contributed by atoms with Crippen LogP contribution < -0.4 is 10.1 Å². The lowest BCUT2D eigenvalue weighted by Crippen LogP contribution is -2.36. The quantitative estimate of drug-likeness (QED) is 0.742. The molecule has 0 aromatic carbocycles. The van der Waals surface area contributed by atoms with Gasteiger partial charge in [0.2, 0.25) is 0 Å². The summed E-state index contributed by atoms with van der Waals surface area (Å²) in [5.74, 6) is 1.88. The van der Waals surface area contributed by atoms with E-state index in [1.165, 1.54) is 0 Å². The lowest BCUT2D eigenvalue weighted by Gasteiger charge is -2.38. The summed E-state index contributed by atoms with van der Waals surface area (Å²) >= 11 is 1.62. The molecule has 3 aromatic rings. The summed E-state index contributed by atoms with van der Waals surface area (Å²) in [4.78, 5) is 13.0. The molecule has 0 spiro atoms. The van der Waals surface area contributed by atoms with Crippen molar-refractivity contribution in [2.24, 2.45) is 5.92 Å². The van der Waals surface area contributed by atoms with Gasteiger partial charge in [-0.3, -0.25) is 4.98 Å². The third kappa shape index (κ3) is 2.81. The Balaban J connectivity index is 1.69. The normalized spacial score (nSPS) is 21.2. The minimum Gasteiger partial charge on any atom is -0.495 e. The summed E-state index contributed by atoms with van der Waals surface area (Å²) in [7, 11) is 1.63. The largest absolute Gasteiger partial charge is 0.495 e. The minimum absolute atomic E-state index is 0.0243. The van der Waals surface area contributed by atoms with Crippen LogP contribution in [0.1, 0.15) is 24.4 Å². The van der Waals surface area contributed by atoms with Gasteiger partial charge in [-0.2, -0.15) is 0 Å². The van der Waals surface area contributed by atoms with Crippen LogP contribution in [0.4, 0.5) is 5.82 Å². The Labute approximate surface area is 143 Å². The van der Waals surface area contributed by atoms with Crippen LogP contribution in [0.25, 0.3) is 10.2 Å². The Morgan fingerprint density at radius 2 is 2.21 bits per heavy atom. The van der Waals surface area contributed by atoms with Crippen molar-refractivity contribution in [3.8, 4) is 5.75 Å². The number of ether oxygens (including phenoxy) is 1. The summed E-state index contributed by atoms with van der Waals surface area (Å²) in [5.41, 5.74) is 1.98. The first kappa shape index (κ1) is 15.3. The second-order valence-electron chi connectivity index (χ2n) is 6.02. The smallest absolute Gasteiger partial charge is 0.147 e. The van der Waals surface area contributed by atoms with Crippen molar-refractivity contribution in [3.05, 3.63) is 41.8 Å². The summed E-state index contributed by atoms with van der Waals surface area (Å²) in [6.45, 7) is 0. The monoisotopic (exact) mass is 342 g/mol. The summed E-state index contributed by atoms with van der Waals surface area (Å²) < 4.78 is 6.34. The van der Waals surface area contributed by atoms with Crippen LogP contribution in [-0.4, -0.2) is 33.3 Å². The standard InChI is InChI=1S/C17H18N4O2S/c1-23-13-6-11(7-18-8-13)15(10-4-12(22)5-10)21-17-16-14(2-3-24-16)19-9-20-17/h2-3,6-10,12,15,22H,4-5H2,1H3,(H,19,20,21)/t10?,12?,15-/m0/s1. The van der Waals surface area contributed by atoms with Gasteiger partial charge in [-0.05, 0) is 41.8 Å². The molecule has 6 nitrogen and oxygen atoms in total. The molecule has 1 saturated carbocycles. The van der Waals surface area contributed by atoms with Crippen LogP contribution in [0.2, 0.25) is 0 Å². The first-order valence-corrected chi connectivity index (χ1v) is 8.74. The maximum absolute atomic E-state index is 9.73. The number of aliphatic hydroxyl groups is 1. The van der Waals surface area contributed by atoms with Gasteiger partial charge in [0.1, 0.15) is 17.9 Å². The molecule has 0 amide bonds. The van der Waals surface area contributed by atoms with Crippen molar-refractivity contribution in [3.63, 3.8) is 0 Å². The molecule has 0 radical (unpaired) electrons. The van der Waals surface area contributed by atoms with E-state index < -0.39 is 0 Å². The highest BCUT2D eigenvalue weighted by Crippen LogP contribution is 2.41. The molecule has 0 aliphatic heterocycles. The number of hydrogen-bond acceptors (Lipinski definition) is 7. The van der Waals surface area contributed by atoms with E-state index in [-0.39, 0.29) is 12.1 Å². The number of anilines is 1. The van der Waals surface area contributed by atoms with Crippen LogP contribution in [-0.2, 0) is 0 Å².